The summed E-state index contributed by atoms with van der Waals surface area (Å²) in [4.78, 5) is 27.1. The Morgan fingerprint density at radius 2 is 1.70 bits per heavy atom. The van der Waals surface area contributed by atoms with Gasteiger partial charge in [-0.2, -0.15) is 4.31 Å². The first-order valence-electron chi connectivity index (χ1n) is 10.5. The molecule has 1 aromatic rings. The lowest BCUT2D eigenvalue weighted by Crippen LogP contribution is -2.50. The molecule has 0 radical (unpaired) electrons. The summed E-state index contributed by atoms with van der Waals surface area (Å²) in [5.74, 6) is -0.444. The molecule has 2 unspecified atom stereocenters. The summed E-state index contributed by atoms with van der Waals surface area (Å²) in [6.07, 6.45) is 2.73. The first-order valence-corrected chi connectivity index (χ1v) is 11.9. The highest BCUT2D eigenvalue weighted by atomic mass is 32.2. The van der Waals surface area contributed by atoms with Crippen LogP contribution in [0.2, 0.25) is 0 Å². The van der Waals surface area contributed by atoms with Crippen molar-refractivity contribution in [2.75, 3.05) is 39.9 Å². The molecule has 2 saturated heterocycles. The number of nitrogens with zero attached hydrogens (tertiary/aromatic N) is 2. The zero-order chi connectivity index (χ0) is 21.7. The van der Waals surface area contributed by atoms with E-state index in [1.165, 1.54) is 23.5 Å². The van der Waals surface area contributed by atoms with Crippen molar-refractivity contribution in [1.29, 1.82) is 0 Å². The second-order valence-electron chi connectivity index (χ2n) is 7.75. The van der Waals surface area contributed by atoms with Gasteiger partial charge in [-0.25, -0.2) is 8.42 Å². The number of benzene rings is 1. The fourth-order valence-corrected chi connectivity index (χ4v) is 5.67. The van der Waals surface area contributed by atoms with Gasteiger partial charge in [0.05, 0.1) is 30.4 Å². The number of amides is 1. The number of ether oxygens (including phenoxy) is 2. The Morgan fingerprint density at radius 3 is 2.37 bits per heavy atom. The fourth-order valence-electron chi connectivity index (χ4n) is 4.15. The van der Waals surface area contributed by atoms with Crippen LogP contribution in [-0.2, 0) is 24.3 Å². The maximum absolute atomic E-state index is 13.1. The summed E-state index contributed by atoms with van der Waals surface area (Å²) in [6.45, 7) is 3.58. The van der Waals surface area contributed by atoms with Crippen molar-refractivity contribution >= 4 is 21.9 Å². The summed E-state index contributed by atoms with van der Waals surface area (Å²) >= 11 is 0. The molecule has 0 saturated carbocycles. The summed E-state index contributed by atoms with van der Waals surface area (Å²) in [5, 5.41) is 0. The van der Waals surface area contributed by atoms with E-state index in [2.05, 4.69) is 0 Å². The quantitative estimate of drug-likeness (QED) is 0.630. The van der Waals surface area contributed by atoms with E-state index >= 15 is 0 Å². The first-order chi connectivity index (χ1) is 14.4. The Balaban J connectivity index is 1.67. The van der Waals surface area contributed by atoms with Gasteiger partial charge in [0.15, 0.2) is 0 Å². The second kappa shape index (κ2) is 9.78. The van der Waals surface area contributed by atoms with E-state index in [1.807, 2.05) is 0 Å². The van der Waals surface area contributed by atoms with Crippen LogP contribution in [0, 0.1) is 11.8 Å². The number of esters is 1. The number of sulfonamides is 1. The van der Waals surface area contributed by atoms with Crippen LogP contribution < -0.4 is 4.74 Å². The molecular weight excluding hydrogens is 408 g/mol. The van der Waals surface area contributed by atoms with Gasteiger partial charge in [-0.1, -0.05) is 0 Å². The van der Waals surface area contributed by atoms with Crippen LogP contribution >= 0.6 is 0 Å². The maximum Gasteiger partial charge on any atom is 0.310 e. The third-order valence-corrected chi connectivity index (χ3v) is 7.66. The van der Waals surface area contributed by atoms with Gasteiger partial charge in [-0.15, -0.1) is 0 Å². The molecule has 166 valence electrons. The minimum absolute atomic E-state index is 0.0707. The summed E-state index contributed by atoms with van der Waals surface area (Å²) in [6, 6.07) is 6.27. The first kappa shape index (κ1) is 22.6. The molecule has 2 fully saturated rings. The smallest absolute Gasteiger partial charge is 0.310 e. The van der Waals surface area contributed by atoms with Crippen molar-refractivity contribution in [2.24, 2.45) is 11.8 Å². The van der Waals surface area contributed by atoms with Gasteiger partial charge in [-0.3, -0.25) is 9.59 Å². The minimum Gasteiger partial charge on any atom is -0.497 e. The largest absolute Gasteiger partial charge is 0.497 e. The molecule has 8 nitrogen and oxygen atoms in total. The number of rotatable bonds is 6. The van der Waals surface area contributed by atoms with E-state index in [0.717, 1.165) is 6.42 Å². The lowest BCUT2D eigenvalue weighted by Gasteiger charge is -2.37. The Morgan fingerprint density at radius 1 is 1.03 bits per heavy atom. The van der Waals surface area contributed by atoms with E-state index in [4.69, 9.17) is 9.47 Å². The Bertz CT molecular complexity index is 855. The molecule has 2 aliphatic rings. The van der Waals surface area contributed by atoms with Gasteiger partial charge in [0.1, 0.15) is 5.75 Å². The third-order valence-electron chi connectivity index (χ3n) is 5.78. The molecule has 2 atom stereocenters. The van der Waals surface area contributed by atoms with Gasteiger partial charge < -0.3 is 14.4 Å². The topological polar surface area (TPSA) is 93.2 Å². The van der Waals surface area contributed by atoms with Crippen LogP contribution in [0.1, 0.15) is 32.6 Å². The molecule has 1 amide bonds. The summed E-state index contributed by atoms with van der Waals surface area (Å²) < 4.78 is 37.7. The van der Waals surface area contributed by atoms with Crippen LogP contribution in [0.3, 0.4) is 0 Å². The number of piperidine rings is 2. The van der Waals surface area contributed by atoms with Crippen molar-refractivity contribution in [3.63, 3.8) is 0 Å². The van der Waals surface area contributed by atoms with Gasteiger partial charge in [0.25, 0.3) is 0 Å². The van der Waals surface area contributed by atoms with Crippen molar-refractivity contribution in [3.8, 4) is 5.75 Å². The maximum atomic E-state index is 13.1. The molecule has 0 N–H and O–H groups in total. The van der Waals surface area contributed by atoms with Crippen LogP contribution in [0.25, 0.3) is 0 Å². The predicted octanol–water partition coefficient (Wildman–Crippen LogP) is 1.90. The number of likely N-dealkylation sites (tertiary alicyclic amines) is 1. The number of hydrogen-bond acceptors (Lipinski definition) is 6. The molecular formula is C21H30N2O6S. The van der Waals surface area contributed by atoms with E-state index in [9.17, 15) is 18.0 Å². The lowest BCUT2D eigenvalue weighted by atomic mass is 9.94. The Labute approximate surface area is 178 Å². The SMILES string of the molecule is CCOC(=O)C1CCCN(C(=O)C2CCCN(S(=O)(=O)c3ccc(OC)cc3)C2)C1. The van der Waals surface area contributed by atoms with Crippen LogP contribution in [-0.4, -0.2) is 69.4 Å². The highest BCUT2D eigenvalue weighted by molar-refractivity contribution is 7.89. The number of methoxy groups -OCH3 is 1. The predicted molar refractivity (Wildman–Crippen MR) is 110 cm³/mol. The monoisotopic (exact) mass is 438 g/mol. The van der Waals surface area contributed by atoms with Crippen LogP contribution in [0.15, 0.2) is 29.2 Å². The Kier molecular flexibility index (Phi) is 7.36. The summed E-state index contributed by atoms with van der Waals surface area (Å²) in [7, 11) is -2.16. The molecule has 0 aromatic heterocycles. The summed E-state index contributed by atoms with van der Waals surface area (Å²) in [5.41, 5.74) is 0. The normalized spacial score (nSPS) is 23.1. The van der Waals surface area contributed by atoms with E-state index < -0.39 is 15.9 Å². The van der Waals surface area contributed by atoms with Crippen molar-refractivity contribution in [3.05, 3.63) is 24.3 Å². The molecule has 2 aliphatic heterocycles. The van der Waals surface area contributed by atoms with Crippen molar-refractivity contribution in [1.82, 2.24) is 9.21 Å². The molecule has 9 heteroatoms. The molecule has 0 bridgehead atoms. The van der Waals surface area contributed by atoms with Gasteiger partial charge >= 0.3 is 5.97 Å². The Hall–Kier alpha value is -2.13. The number of carbonyl (C=O) groups is 2. The zero-order valence-electron chi connectivity index (χ0n) is 17.6. The van der Waals surface area contributed by atoms with Crippen molar-refractivity contribution in [2.45, 2.75) is 37.5 Å². The second-order valence-corrected chi connectivity index (χ2v) is 9.69. The zero-order valence-corrected chi connectivity index (χ0v) is 18.4. The van der Waals surface area contributed by atoms with Gasteiger partial charge in [0.2, 0.25) is 15.9 Å². The number of hydrogen-bond donors (Lipinski definition) is 0. The standard InChI is InChI=1S/C21H30N2O6S/c1-3-29-21(25)17-7-4-12-22(14-17)20(24)16-6-5-13-23(15-16)30(26,27)19-10-8-18(28-2)9-11-19/h8-11,16-17H,3-7,12-15H2,1-2H3. The molecule has 2 heterocycles. The molecule has 30 heavy (non-hydrogen) atoms. The molecule has 0 spiro atoms. The van der Waals surface area contributed by atoms with E-state index in [0.29, 0.717) is 51.3 Å². The van der Waals surface area contributed by atoms with Gasteiger partial charge in [-0.05, 0) is 56.9 Å². The fraction of sp³-hybridized carbons (Fsp3) is 0.619. The lowest BCUT2D eigenvalue weighted by molar-refractivity contribution is -0.152. The average Bonchev–Trinajstić information content (AvgIpc) is 2.79. The van der Waals surface area contributed by atoms with E-state index in [-0.39, 0.29) is 29.2 Å². The third kappa shape index (κ3) is 4.95. The number of carbonyl (C=O) groups excluding carboxylic acids is 2. The van der Waals surface area contributed by atoms with E-state index in [1.54, 1.807) is 24.0 Å². The highest BCUT2D eigenvalue weighted by Gasteiger charge is 2.37. The highest BCUT2D eigenvalue weighted by Crippen LogP contribution is 2.28. The molecule has 0 aliphatic carbocycles. The minimum atomic E-state index is -3.68. The molecule has 3 rings (SSSR count). The van der Waals surface area contributed by atoms with Crippen molar-refractivity contribution < 1.29 is 27.5 Å². The average molecular weight is 439 g/mol. The van der Waals surface area contributed by atoms with Crippen LogP contribution in [0.4, 0.5) is 0 Å². The van der Waals surface area contributed by atoms with Gasteiger partial charge in [0, 0.05) is 26.2 Å². The molecule has 1 aromatic carbocycles. The van der Waals surface area contributed by atoms with Crippen LogP contribution in [0.5, 0.6) is 5.75 Å².